The lowest BCUT2D eigenvalue weighted by atomic mass is 9.90. The standard InChI is InChI=1S/C14H14IN3O2/c1-14(13(19)20)4-5-18(7-14)12-10-6-9(15)2-3-11(10)16-8-17-12/h2-3,6,8H,4-5,7H2,1H3,(H,19,20). The minimum atomic E-state index is -0.743. The van der Waals surface area contributed by atoms with Crippen LogP contribution in [0.25, 0.3) is 10.9 Å². The van der Waals surface area contributed by atoms with E-state index >= 15 is 0 Å². The molecule has 104 valence electrons. The van der Waals surface area contributed by atoms with E-state index in [1.54, 1.807) is 13.3 Å². The summed E-state index contributed by atoms with van der Waals surface area (Å²) in [5.41, 5.74) is 0.193. The van der Waals surface area contributed by atoms with E-state index < -0.39 is 11.4 Å². The van der Waals surface area contributed by atoms with E-state index in [1.807, 2.05) is 23.1 Å². The van der Waals surface area contributed by atoms with Crippen molar-refractivity contribution in [2.45, 2.75) is 13.3 Å². The quantitative estimate of drug-likeness (QED) is 0.808. The highest BCUT2D eigenvalue weighted by Gasteiger charge is 2.41. The van der Waals surface area contributed by atoms with Gasteiger partial charge in [0.1, 0.15) is 12.1 Å². The van der Waals surface area contributed by atoms with Gasteiger partial charge in [0.15, 0.2) is 0 Å². The van der Waals surface area contributed by atoms with Gasteiger partial charge >= 0.3 is 5.97 Å². The van der Waals surface area contributed by atoms with E-state index in [-0.39, 0.29) is 0 Å². The molecule has 1 aliphatic heterocycles. The van der Waals surface area contributed by atoms with Gasteiger partial charge < -0.3 is 10.0 Å². The summed E-state index contributed by atoms with van der Waals surface area (Å²) in [6, 6.07) is 6.02. The zero-order valence-electron chi connectivity index (χ0n) is 11.0. The van der Waals surface area contributed by atoms with Gasteiger partial charge in [0.25, 0.3) is 0 Å². The largest absolute Gasteiger partial charge is 0.481 e. The highest BCUT2D eigenvalue weighted by Crippen LogP contribution is 2.35. The van der Waals surface area contributed by atoms with Crippen LogP contribution in [0.1, 0.15) is 13.3 Å². The number of fused-ring (bicyclic) bond motifs is 1. The zero-order chi connectivity index (χ0) is 14.3. The van der Waals surface area contributed by atoms with Gasteiger partial charge in [0, 0.05) is 22.0 Å². The van der Waals surface area contributed by atoms with E-state index in [2.05, 4.69) is 32.6 Å². The van der Waals surface area contributed by atoms with E-state index in [0.717, 1.165) is 20.3 Å². The zero-order valence-corrected chi connectivity index (χ0v) is 13.2. The first-order valence-corrected chi connectivity index (χ1v) is 7.46. The molecule has 1 atom stereocenters. The van der Waals surface area contributed by atoms with Crippen molar-refractivity contribution in [3.63, 3.8) is 0 Å². The average Bonchev–Trinajstić information content (AvgIpc) is 2.82. The van der Waals surface area contributed by atoms with Crippen LogP contribution >= 0.6 is 22.6 Å². The second-order valence-corrected chi connectivity index (χ2v) is 6.64. The molecule has 0 bridgehead atoms. The number of halogens is 1. The van der Waals surface area contributed by atoms with Crippen molar-refractivity contribution in [1.29, 1.82) is 0 Å². The number of benzene rings is 1. The van der Waals surface area contributed by atoms with Gasteiger partial charge in [-0.15, -0.1) is 0 Å². The maximum absolute atomic E-state index is 11.4. The van der Waals surface area contributed by atoms with Gasteiger partial charge in [-0.3, -0.25) is 4.79 Å². The minimum absolute atomic E-state index is 0.486. The fourth-order valence-electron chi connectivity index (χ4n) is 2.58. The molecule has 1 aliphatic rings. The number of hydrogen-bond acceptors (Lipinski definition) is 4. The maximum Gasteiger partial charge on any atom is 0.311 e. The Bertz CT molecular complexity index is 691. The molecule has 2 heterocycles. The number of aromatic nitrogens is 2. The lowest BCUT2D eigenvalue weighted by Gasteiger charge is -2.21. The smallest absolute Gasteiger partial charge is 0.311 e. The second kappa shape index (κ2) is 4.83. The Hall–Kier alpha value is -1.44. The summed E-state index contributed by atoms with van der Waals surface area (Å²) in [5.74, 6) is 0.0893. The molecule has 0 spiro atoms. The van der Waals surface area contributed by atoms with Crippen LogP contribution in [0.2, 0.25) is 0 Å². The van der Waals surface area contributed by atoms with Crippen molar-refractivity contribution in [1.82, 2.24) is 9.97 Å². The number of hydrogen-bond donors (Lipinski definition) is 1. The van der Waals surface area contributed by atoms with Gasteiger partial charge in [0.05, 0.1) is 10.9 Å². The van der Waals surface area contributed by atoms with E-state index in [9.17, 15) is 9.90 Å². The third-order valence-corrected chi connectivity index (χ3v) is 4.54. The summed E-state index contributed by atoms with van der Waals surface area (Å²) in [5, 5.41) is 10.3. The number of carboxylic acid groups (broad SMARTS) is 1. The van der Waals surface area contributed by atoms with Crippen molar-refractivity contribution in [2.24, 2.45) is 5.41 Å². The first kappa shape index (κ1) is 13.5. The van der Waals surface area contributed by atoms with Crippen molar-refractivity contribution in [2.75, 3.05) is 18.0 Å². The van der Waals surface area contributed by atoms with Crippen LogP contribution in [0.3, 0.4) is 0 Å². The van der Waals surface area contributed by atoms with Gasteiger partial charge in [-0.1, -0.05) is 0 Å². The number of anilines is 1. The first-order chi connectivity index (χ1) is 9.49. The molecule has 5 nitrogen and oxygen atoms in total. The molecular weight excluding hydrogens is 369 g/mol. The summed E-state index contributed by atoms with van der Waals surface area (Å²) in [4.78, 5) is 22.0. The average molecular weight is 383 g/mol. The van der Waals surface area contributed by atoms with E-state index in [0.29, 0.717) is 19.5 Å². The highest BCUT2D eigenvalue weighted by atomic mass is 127. The maximum atomic E-state index is 11.4. The topological polar surface area (TPSA) is 66.3 Å². The normalized spacial score (nSPS) is 22.4. The van der Waals surface area contributed by atoms with E-state index in [4.69, 9.17) is 0 Å². The minimum Gasteiger partial charge on any atom is -0.481 e. The van der Waals surface area contributed by atoms with Crippen LogP contribution in [0, 0.1) is 8.99 Å². The van der Waals surface area contributed by atoms with Crippen LogP contribution in [-0.4, -0.2) is 34.1 Å². The van der Waals surface area contributed by atoms with Gasteiger partial charge in [0.2, 0.25) is 0 Å². The van der Waals surface area contributed by atoms with Crippen molar-refractivity contribution >= 4 is 45.3 Å². The Labute approximate surface area is 130 Å². The predicted octanol–water partition coefficient (Wildman–Crippen LogP) is 2.54. The summed E-state index contributed by atoms with van der Waals surface area (Å²) in [7, 11) is 0. The Morgan fingerprint density at radius 1 is 1.45 bits per heavy atom. The molecule has 2 aromatic rings. The predicted molar refractivity (Wildman–Crippen MR) is 84.8 cm³/mol. The number of carbonyl (C=O) groups is 1. The molecule has 3 rings (SSSR count). The molecular formula is C14H14IN3O2. The molecule has 1 aromatic carbocycles. The van der Waals surface area contributed by atoms with E-state index in [1.165, 1.54) is 0 Å². The number of rotatable bonds is 2. The molecule has 0 saturated carbocycles. The van der Waals surface area contributed by atoms with Crippen molar-refractivity contribution < 1.29 is 9.90 Å². The number of nitrogens with zero attached hydrogens (tertiary/aromatic N) is 3. The fraction of sp³-hybridized carbons (Fsp3) is 0.357. The second-order valence-electron chi connectivity index (χ2n) is 5.40. The summed E-state index contributed by atoms with van der Waals surface area (Å²) in [6.45, 7) is 2.99. The highest BCUT2D eigenvalue weighted by molar-refractivity contribution is 14.1. The molecule has 1 unspecified atom stereocenters. The summed E-state index contributed by atoms with van der Waals surface area (Å²) in [6.07, 6.45) is 2.18. The molecule has 1 N–H and O–H groups in total. The van der Waals surface area contributed by atoms with Crippen LogP contribution < -0.4 is 4.90 Å². The van der Waals surface area contributed by atoms with Crippen LogP contribution in [-0.2, 0) is 4.79 Å². The molecule has 1 saturated heterocycles. The molecule has 1 fully saturated rings. The molecule has 0 amide bonds. The number of aliphatic carboxylic acids is 1. The van der Waals surface area contributed by atoms with Gasteiger partial charge in [-0.25, -0.2) is 9.97 Å². The molecule has 6 heteroatoms. The SMILES string of the molecule is CC1(C(=O)O)CCN(c2ncnc3ccc(I)cc23)C1. The Balaban J connectivity index is 2.04. The number of carboxylic acids is 1. The lowest BCUT2D eigenvalue weighted by Crippen LogP contribution is -2.32. The Morgan fingerprint density at radius 3 is 2.95 bits per heavy atom. The molecule has 0 radical (unpaired) electrons. The molecule has 20 heavy (non-hydrogen) atoms. The van der Waals surface area contributed by atoms with Gasteiger partial charge in [-0.2, -0.15) is 0 Å². The van der Waals surface area contributed by atoms with Crippen molar-refractivity contribution in [3.8, 4) is 0 Å². The summed E-state index contributed by atoms with van der Waals surface area (Å²) >= 11 is 2.26. The van der Waals surface area contributed by atoms with Gasteiger partial charge in [-0.05, 0) is 54.1 Å². The van der Waals surface area contributed by atoms with Crippen LogP contribution in [0.5, 0.6) is 0 Å². The lowest BCUT2D eigenvalue weighted by molar-refractivity contribution is -0.146. The summed E-state index contributed by atoms with van der Waals surface area (Å²) < 4.78 is 1.12. The van der Waals surface area contributed by atoms with Crippen LogP contribution in [0.15, 0.2) is 24.5 Å². The Morgan fingerprint density at radius 2 is 2.25 bits per heavy atom. The fourth-order valence-corrected chi connectivity index (χ4v) is 3.07. The third kappa shape index (κ3) is 2.21. The monoisotopic (exact) mass is 383 g/mol. The third-order valence-electron chi connectivity index (χ3n) is 3.87. The molecule has 0 aliphatic carbocycles. The first-order valence-electron chi connectivity index (χ1n) is 6.38. The van der Waals surface area contributed by atoms with Crippen LogP contribution in [0.4, 0.5) is 5.82 Å². The van der Waals surface area contributed by atoms with Crippen molar-refractivity contribution in [3.05, 3.63) is 28.1 Å². The molecule has 1 aromatic heterocycles. The Kier molecular flexibility index (Phi) is 3.27.